The third-order valence-corrected chi connectivity index (χ3v) is 4.99. The Labute approximate surface area is 166 Å². The zero-order valence-electron chi connectivity index (χ0n) is 16.2. The van der Waals surface area contributed by atoms with Crippen molar-refractivity contribution in [1.82, 2.24) is 10.2 Å². The van der Waals surface area contributed by atoms with E-state index in [1.165, 1.54) is 5.56 Å². The number of nitrogens with one attached hydrogen (secondary N) is 1. The highest BCUT2D eigenvalue weighted by molar-refractivity contribution is 6.30. The van der Waals surface area contributed by atoms with Crippen molar-refractivity contribution in [2.24, 2.45) is 0 Å². The molecule has 0 aliphatic rings. The van der Waals surface area contributed by atoms with Crippen LogP contribution in [0, 0.1) is 0 Å². The maximum Gasteiger partial charge on any atom is 0.242 e. The van der Waals surface area contributed by atoms with E-state index in [4.69, 9.17) is 11.6 Å². The molecular formula is C22H27ClN2O2. The third kappa shape index (κ3) is 6.10. The largest absolute Gasteiger partial charge is 0.357 e. The van der Waals surface area contributed by atoms with Crippen LogP contribution >= 0.6 is 11.6 Å². The van der Waals surface area contributed by atoms with Crippen molar-refractivity contribution in [3.05, 3.63) is 70.2 Å². The lowest BCUT2D eigenvalue weighted by Crippen LogP contribution is -2.46. The van der Waals surface area contributed by atoms with Crippen molar-refractivity contribution in [2.45, 2.75) is 45.7 Å². The van der Waals surface area contributed by atoms with Crippen molar-refractivity contribution in [3.63, 3.8) is 0 Å². The molecule has 0 bridgehead atoms. The molecule has 0 aromatic heterocycles. The summed E-state index contributed by atoms with van der Waals surface area (Å²) in [5.41, 5.74) is 3.35. The van der Waals surface area contributed by atoms with E-state index in [1.807, 2.05) is 12.1 Å². The van der Waals surface area contributed by atoms with E-state index in [2.05, 4.69) is 36.5 Å². The molecule has 0 radical (unpaired) electrons. The normalized spacial score (nSPS) is 11.7. The molecule has 5 heteroatoms. The van der Waals surface area contributed by atoms with E-state index >= 15 is 0 Å². The minimum absolute atomic E-state index is 0.0411. The highest BCUT2D eigenvalue weighted by atomic mass is 35.5. The molecule has 4 nitrogen and oxygen atoms in total. The van der Waals surface area contributed by atoms with Gasteiger partial charge in [-0.3, -0.25) is 9.59 Å². The summed E-state index contributed by atoms with van der Waals surface area (Å²) >= 11 is 5.94. The number of amides is 2. The van der Waals surface area contributed by atoms with Crippen LogP contribution in [0.1, 0.15) is 37.0 Å². The summed E-state index contributed by atoms with van der Waals surface area (Å²) in [5, 5.41) is 3.27. The fourth-order valence-electron chi connectivity index (χ4n) is 2.91. The Bertz CT molecular complexity index is 757. The Morgan fingerprint density at radius 3 is 2.11 bits per heavy atom. The number of nitrogens with zero attached hydrogens (tertiary/aromatic N) is 1. The number of likely N-dealkylation sites (N-methyl/N-ethyl adjacent to an activating group) is 1. The summed E-state index contributed by atoms with van der Waals surface area (Å²) in [6, 6.07) is 15.1. The van der Waals surface area contributed by atoms with E-state index in [-0.39, 0.29) is 11.8 Å². The van der Waals surface area contributed by atoms with Gasteiger partial charge in [-0.2, -0.15) is 0 Å². The van der Waals surface area contributed by atoms with E-state index in [0.29, 0.717) is 24.4 Å². The highest BCUT2D eigenvalue weighted by Crippen LogP contribution is 2.16. The second kappa shape index (κ2) is 10.1. The van der Waals surface area contributed by atoms with Gasteiger partial charge >= 0.3 is 0 Å². The minimum atomic E-state index is -0.541. The summed E-state index contributed by atoms with van der Waals surface area (Å²) in [6.07, 6.45) is 2.01. The molecule has 1 N–H and O–H groups in total. The second-order valence-electron chi connectivity index (χ2n) is 6.61. The van der Waals surface area contributed by atoms with E-state index in [0.717, 1.165) is 17.5 Å². The Kier molecular flexibility index (Phi) is 7.86. The quantitative estimate of drug-likeness (QED) is 0.745. The molecule has 2 aromatic carbocycles. The fraction of sp³-hybridized carbons (Fsp3) is 0.364. The van der Waals surface area contributed by atoms with Crippen LogP contribution in [0.15, 0.2) is 48.5 Å². The van der Waals surface area contributed by atoms with Gasteiger partial charge < -0.3 is 10.2 Å². The van der Waals surface area contributed by atoms with Crippen LogP contribution in [0.2, 0.25) is 5.02 Å². The van der Waals surface area contributed by atoms with Crippen LogP contribution in [-0.2, 0) is 29.0 Å². The summed E-state index contributed by atoms with van der Waals surface area (Å²) in [5.74, 6) is -0.217. The van der Waals surface area contributed by atoms with Gasteiger partial charge in [0, 0.05) is 25.0 Å². The molecule has 0 spiro atoms. The average Bonchev–Trinajstić information content (AvgIpc) is 2.70. The topological polar surface area (TPSA) is 49.4 Å². The molecular weight excluding hydrogens is 360 g/mol. The molecule has 0 aliphatic carbocycles. The molecule has 2 amide bonds. The molecule has 0 unspecified atom stereocenters. The van der Waals surface area contributed by atoms with E-state index in [9.17, 15) is 9.59 Å². The first-order valence-electron chi connectivity index (χ1n) is 9.28. The fourth-order valence-corrected chi connectivity index (χ4v) is 3.04. The highest BCUT2D eigenvalue weighted by Gasteiger charge is 2.25. The van der Waals surface area contributed by atoms with Gasteiger partial charge in [-0.25, -0.2) is 0 Å². The molecule has 0 fully saturated rings. The lowest BCUT2D eigenvalue weighted by molar-refractivity contribution is -0.140. The summed E-state index contributed by atoms with van der Waals surface area (Å²) in [6.45, 7) is 4.25. The van der Waals surface area contributed by atoms with E-state index in [1.54, 1.807) is 31.0 Å². The Morgan fingerprint density at radius 2 is 1.56 bits per heavy atom. The molecule has 2 aromatic rings. The third-order valence-electron chi connectivity index (χ3n) is 4.74. The van der Waals surface area contributed by atoms with Gasteiger partial charge in [0.2, 0.25) is 11.8 Å². The summed E-state index contributed by atoms with van der Waals surface area (Å²) < 4.78 is 0. The van der Waals surface area contributed by atoms with Crippen molar-refractivity contribution in [1.29, 1.82) is 0 Å². The predicted molar refractivity (Wildman–Crippen MR) is 110 cm³/mol. The summed E-state index contributed by atoms with van der Waals surface area (Å²) in [7, 11) is 1.58. The molecule has 0 saturated carbocycles. The number of halogens is 1. The SMILES string of the molecule is CCc1ccc(CCC(=O)N(Cc2ccc(Cl)cc2)[C@@H](C)C(=O)NC)cc1. The van der Waals surface area contributed by atoms with Crippen molar-refractivity contribution in [2.75, 3.05) is 7.05 Å². The number of rotatable bonds is 8. The molecule has 0 aliphatic heterocycles. The number of aryl methyl sites for hydroxylation is 2. The number of hydrogen-bond donors (Lipinski definition) is 1. The van der Waals surface area contributed by atoms with Gasteiger partial charge in [0.25, 0.3) is 0 Å². The maximum atomic E-state index is 12.9. The number of carbonyl (C=O) groups excluding carboxylic acids is 2. The monoisotopic (exact) mass is 386 g/mol. The number of carbonyl (C=O) groups is 2. The zero-order valence-corrected chi connectivity index (χ0v) is 16.9. The first-order valence-corrected chi connectivity index (χ1v) is 9.65. The Hall–Kier alpha value is -2.33. The van der Waals surface area contributed by atoms with Crippen LogP contribution < -0.4 is 5.32 Å². The van der Waals surface area contributed by atoms with Crippen molar-refractivity contribution in [3.8, 4) is 0 Å². The number of hydrogen-bond acceptors (Lipinski definition) is 2. The van der Waals surface area contributed by atoms with Gasteiger partial charge in [0.05, 0.1) is 0 Å². The molecule has 2 rings (SSSR count). The minimum Gasteiger partial charge on any atom is -0.357 e. The standard InChI is InChI=1S/C22H27ClN2O2/c1-4-17-5-7-18(8-6-17)11-14-21(26)25(16(2)22(27)24-3)15-19-9-12-20(23)13-10-19/h5-10,12-13,16H,4,11,14-15H2,1-3H3,(H,24,27)/t16-/m0/s1. The van der Waals surface area contributed by atoms with Gasteiger partial charge in [-0.05, 0) is 48.6 Å². The van der Waals surface area contributed by atoms with Gasteiger partial charge in [-0.15, -0.1) is 0 Å². The lowest BCUT2D eigenvalue weighted by Gasteiger charge is -2.28. The van der Waals surface area contributed by atoms with Crippen molar-refractivity contribution >= 4 is 23.4 Å². The first-order chi connectivity index (χ1) is 12.9. The van der Waals surface area contributed by atoms with Crippen LogP contribution in [-0.4, -0.2) is 29.8 Å². The van der Waals surface area contributed by atoms with E-state index < -0.39 is 6.04 Å². The second-order valence-corrected chi connectivity index (χ2v) is 7.04. The van der Waals surface area contributed by atoms with Crippen LogP contribution in [0.4, 0.5) is 0 Å². The van der Waals surface area contributed by atoms with Crippen LogP contribution in [0.5, 0.6) is 0 Å². The zero-order chi connectivity index (χ0) is 19.8. The molecule has 144 valence electrons. The lowest BCUT2D eigenvalue weighted by atomic mass is 10.0. The van der Waals surface area contributed by atoms with Crippen molar-refractivity contribution < 1.29 is 9.59 Å². The average molecular weight is 387 g/mol. The Morgan fingerprint density at radius 1 is 1.00 bits per heavy atom. The van der Waals surface area contributed by atoms with Crippen LogP contribution in [0.25, 0.3) is 0 Å². The molecule has 27 heavy (non-hydrogen) atoms. The maximum absolute atomic E-state index is 12.9. The first kappa shape index (κ1) is 21.0. The van der Waals surface area contributed by atoms with Crippen LogP contribution in [0.3, 0.4) is 0 Å². The van der Waals surface area contributed by atoms with Gasteiger partial charge in [0.15, 0.2) is 0 Å². The summed E-state index contributed by atoms with van der Waals surface area (Å²) in [4.78, 5) is 26.6. The smallest absolute Gasteiger partial charge is 0.242 e. The van der Waals surface area contributed by atoms with Gasteiger partial charge in [0.1, 0.15) is 6.04 Å². The number of benzene rings is 2. The Balaban J connectivity index is 2.09. The molecule has 1 atom stereocenters. The predicted octanol–water partition coefficient (Wildman–Crippen LogP) is 4.00. The molecule has 0 saturated heterocycles. The van der Waals surface area contributed by atoms with Gasteiger partial charge in [-0.1, -0.05) is 54.9 Å². The molecule has 0 heterocycles.